The Kier molecular flexibility index (Phi) is 4.58. The van der Waals surface area contributed by atoms with Crippen LogP contribution in [0.5, 0.6) is 5.75 Å². The molecule has 0 amide bonds. The van der Waals surface area contributed by atoms with Crippen LogP contribution in [0.25, 0.3) is 6.08 Å². The van der Waals surface area contributed by atoms with E-state index in [1.54, 1.807) is 6.20 Å². The van der Waals surface area contributed by atoms with Crippen molar-refractivity contribution < 1.29 is 4.74 Å². The van der Waals surface area contributed by atoms with Gasteiger partial charge in [0.15, 0.2) is 11.6 Å². The summed E-state index contributed by atoms with van der Waals surface area (Å²) in [4.78, 5) is 3.99. The van der Waals surface area contributed by atoms with Gasteiger partial charge in [0.25, 0.3) is 0 Å². The molecule has 0 aromatic carbocycles. The molecule has 0 fully saturated rings. The van der Waals surface area contributed by atoms with Crippen LogP contribution in [-0.4, -0.2) is 18.1 Å². The van der Waals surface area contributed by atoms with Crippen LogP contribution in [0.2, 0.25) is 5.02 Å². The maximum absolute atomic E-state index is 6.10. The molecule has 0 aliphatic heterocycles. The first-order valence-electron chi connectivity index (χ1n) is 4.96. The molecule has 0 saturated heterocycles. The second-order valence-electron chi connectivity index (χ2n) is 3.56. The normalized spacial score (nSPS) is 13.0. The van der Waals surface area contributed by atoms with Crippen molar-refractivity contribution in [3.63, 3.8) is 0 Å². The number of hydrogen-bond donors (Lipinski definition) is 2. The van der Waals surface area contributed by atoms with Crippen molar-refractivity contribution in [2.24, 2.45) is 5.73 Å². The molecule has 0 unspecified atom stereocenters. The first kappa shape index (κ1) is 12.8. The standard InChI is InChI=1S/C11H16ClN3O/c1-7(13)4-3-5-8-6-15-11(14)10(16-2)9(8)12/h3,5-7H,4,13H2,1-2H3,(H2,14,15)/b5-3+/t7-/m0/s1. The van der Waals surface area contributed by atoms with Gasteiger partial charge in [-0.25, -0.2) is 4.98 Å². The second kappa shape index (κ2) is 5.72. The third kappa shape index (κ3) is 3.12. The molecule has 4 N–H and O–H groups in total. The Morgan fingerprint density at radius 3 is 2.88 bits per heavy atom. The number of aromatic nitrogens is 1. The highest BCUT2D eigenvalue weighted by Crippen LogP contribution is 2.32. The second-order valence-corrected chi connectivity index (χ2v) is 3.94. The third-order valence-corrected chi connectivity index (χ3v) is 2.43. The van der Waals surface area contributed by atoms with Crippen LogP contribution in [0.4, 0.5) is 5.82 Å². The van der Waals surface area contributed by atoms with Gasteiger partial charge in [-0.15, -0.1) is 0 Å². The highest BCUT2D eigenvalue weighted by molar-refractivity contribution is 6.33. The van der Waals surface area contributed by atoms with Crippen LogP contribution in [0.15, 0.2) is 12.3 Å². The summed E-state index contributed by atoms with van der Waals surface area (Å²) in [5.74, 6) is 0.696. The third-order valence-electron chi connectivity index (χ3n) is 2.04. The number of methoxy groups -OCH3 is 1. The molecular weight excluding hydrogens is 226 g/mol. The molecule has 16 heavy (non-hydrogen) atoms. The molecule has 4 nitrogen and oxygen atoms in total. The van der Waals surface area contributed by atoms with E-state index in [0.29, 0.717) is 10.8 Å². The fourth-order valence-electron chi connectivity index (χ4n) is 1.22. The number of nitrogens with two attached hydrogens (primary N) is 2. The summed E-state index contributed by atoms with van der Waals surface area (Å²) < 4.78 is 5.07. The minimum absolute atomic E-state index is 0.124. The molecule has 0 bridgehead atoms. The van der Waals surface area contributed by atoms with Crippen LogP contribution in [0.3, 0.4) is 0 Å². The van der Waals surface area contributed by atoms with E-state index in [-0.39, 0.29) is 11.9 Å². The predicted molar refractivity (Wildman–Crippen MR) is 67.5 cm³/mol. The highest BCUT2D eigenvalue weighted by Gasteiger charge is 2.09. The number of rotatable bonds is 4. The molecule has 1 aromatic heterocycles. The van der Waals surface area contributed by atoms with E-state index in [1.165, 1.54) is 7.11 Å². The number of hydrogen-bond acceptors (Lipinski definition) is 4. The molecule has 1 heterocycles. The molecule has 5 heteroatoms. The minimum atomic E-state index is 0.124. The highest BCUT2D eigenvalue weighted by atomic mass is 35.5. The molecule has 0 aliphatic rings. The van der Waals surface area contributed by atoms with Crippen molar-refractivity contribution in [2.45, 2.75) is 19.4 Å². The van der Waals surface area contributed by atoms with Crippen LogP contribution in [0, 0.1) is 0 Å². The largest absolute Gasteiger partial charge is 0.491 e. The number of halogens is 1. The van der Waals surface area contributed by atoms with Gasteiger partial charge in [0.1, 0.15) is 0 Å². The molecule has 0 spiro atoms. The van der Waals surface area contributed by atoms with E-state index in [1.807, 2.05) is 19.1 Å². The molecule has 1 atom stereocenters. The smallest absolute Gasteiger partial charge is 0.180 e. The van der Waals surface area contributed by atoms with Crippen molar-refractivity contribution in [3.05, 3.63) is 22.9 Å². The van der Waals surface area contributed by atoms with Crippen LogP contribution >= 0.6 is 11.6 Å². The maximum Gasteiger partial charge on any atom is 0.180 e. The predicted octanol–water partition coefficient (Wildman–Crippen LogP) is 2.08. The minimum Gasteiger partial charge on any atom is -0.491 e. The van der Waals surface area contributed by atoms with E-state index < -0.39 is 0 Å². The van der Waals surface area contributed by atoms with Gasteiger partial charge in [0.05, 0.1) is 12.1 Å². The van der Waals surface area contributed by atoms with E-state index in [9.17, 15) is 0 Å². The summed E-state index contributed by atoms with van der Waals surface area (Å²) in [6.07, 6.45) is 6.20. The summed E-state index contributed by atoms with van der Waals surface area (Å²) in [6, 6.07) is 0.124. The fraction of sp³-hybridized carbons (Fsp3) is 0.364. The van der Waals surface area contributed by atoms with E-state index >= 15 is 0 Å². The summed E-state index contributed by atoms with van der Waals surface area (Å²) in [7, 11) is 1.51. The number of nitrogen functional groups attached to an aromatic ring is 1. The van der Waals surface area contributed by atoms with Crippen molar-refractivity contribution in [3.8, 4) is 5.75 Å². The monoisotopic (exact) mass is 241 g/mol. The maximum atomic E-state index is 6.10. The van der Waals surface area contributed by atoms with Gasteiger partial charge in [-0.1, -0.05) is 23.8 Å². The van der Waals surface area contributed by atoms with Crippen LogP contribution < -0.4 is 16.2 Å². The first-order chi connectivity index (χ1) is 7.56. The Labute approximate surface area is 100 Å². The molecule has 0 radical (unpaired) electrons. The van der Waals surface area contributed by atoms with E-state index in [4.69, 9.17) is 27.8 Å². The van der Waals surface area contributed by atoms with Crippen LogP contribution in [0.1, 0.15) is 18.9 Å². The molecule has 1 aromatic rings. The van der Waals surface area contributed by atoms with Gasteiger partial charge < -0.3 is 16.2 Å². The fourth-order valence-corrected chi connectivity index (χ4v) is 1.50. The van der Waals surface area contributed by atoms with Gasteiger partial charge >= 0.3 is 0 Å². The topological polar surface area (TPSA) is 74.2 Å². The molecule has 0 aliphatic carbocycles. The number of nitrogens with zero attached hydrogens (tertiary/aromatic N) is 1. The average Bonchev–Trinajstić information content (AvgIpc) is 2.22. The quantitative estimate of drug-likeness (QED) is 0.847. The average molecular weight is 242 g/mol. The lowest BCUT2D eigenvalue weighted by molar-refractivity contribution is 0.415. The lowest BCUT2D eigenvalue weighted by atomic mass is 10.2. The van der Waals surface area contributed by atoms with Crippen LogP contribution in [-0.2, 0) is 0 Å². The summed E-state index contributed by atoms with van der Waals surface area (Å²) in [5.41, 5.74) is 12.0. The SMILES string of the molecule is COc1c(N)ncc(/C=C/C[C@H](C)N)c1Cl. The van der Waals surface area contributed by atoms with Gasteiger partial charge in [-0.3, -0.25) is 0 Å². The Bertz CT molecular complexity index is 391. The number of anilines is 1. The molecule has 88 valence electrons. The molecule has 1 rings (SSSR count). The van der Waals surface area contributed by atoms with Gasteiger partial charge in [0, 0.05) is 17.8 Å². The Morgan fingerprint density at radius 2 is 2.31 bits per heavy atom. The zero-order valence-corrected chi connectivity index (χ0v) is 10.2. The summed E-state index contributed by atoms with van der Waals surface area (Å²) in [5, 5.41) is 0.468. The zero-order chi connectivity index (χ0) is 12.1. The van der Waals surface area contributed by atoms with E-state index in [0.717, 1.165) is 12.0 Å². The lowest BCUT2D eigenvalue weighted by Gasteiger charge is -2.07. The van der Waals surface area contributed by atoms with Crippen molar-refractivity contribution in [1.29, 1.82) is 0 Å². The molecule has 0 saturated carbocycles. The lowest BCUT2D eigenvalue weighted by Crippen LogP contribution is -2.12. The van der Waals surface area contributed by atoms with Crippen molar-refractivity contribution >= 4 is 23.5 Å². The number of ether oxygens (including phenoxy) is 1. The number of pyridine rings is 1. The van der Waals surface area contributed by atoms with Crippen molar-refractivity contribution in [2.75, 3.05) is 12.8 Å². The van der Waals surface area contributed by atoms with Crippen molar-refractivity contribution in [1.82, 2.24) is 4.98 Å². The van der Waals surface area contributed by atoms with E-state index in [2.05, 4.69) is 4.98 Å². The Morgan fingerprint density at radius 1 is 1.62 bits per heavy atom. The Hall–Kier alpha value is -1.26. The van der Waals surface area contributed by atoms with Gasteiger partial charge in [-0.05, 0) is 13.3 Å². The van der Waals surface area contributed by atoms with Gasteiger partial charge in [0.2, 0.25) is 0 Å². The van der Waals surface area contributed by atoms with Gasteiger partial charge in [-0.2, -0.15) is 0 Å². The zero-order valence-electron chi connectivity index (χ0n) is 9.40. The summed E-state index contributed by atoms with van der Waals surface area (Å²) >= 11 is 6.10. The molecular formula is C11H16ClN3O. The first-order valence-corrected chi connectivity index (χ1v) is 5.34. The summed E-state index contributed by atoms with van der Waals surface area (Å²) in [6.45, 7) is 1.94. The Balaban J connectivity index is 2.93.